The molecule has 1 saturated heterocycles. The Morgan fingerprint density at radius 3 is 2.70 bits per heavy atom. The highest BCUT2D eigenvalue weighted by Crippen LogP contribution is 2.16. The summed E-state index contributed by atoms with van der Waals surface area (Å²) in [6, 6.07) is 0. The van der Waals surface area contributed by atoms with E-state index in [-0.39, 0.29) is 18.4 Å². The first-order chi connectivity index (χ1) is 4.74. The largest absolute Gasteiger partial charge is 0.434 e. The number of rotatable bonds is 2. The molecule has 0 N–H and O–H groups in total. The van der Waals surface area contributed by atoms with Gasteiger partial charge in [-0.25, -0.2) is 4.79 Å². The molecule has 0 bridgehead atoms. The first kappa shape index (κ1) is 7.54. The molecular weight excluding hydrogens is 132 g/mol. The Hall–Kier alpha value is -0.570. The van der Waals surface area contributed by atoms with E-state index in [0.29, 0.717) is 0 Å². The fourth-order valence-electron chi connectivity index (χ4n) is 0.899. The van der Waals surface area contributed by atoms with Crippen molar-refractivity contribution < 1.29 is 14.3 Å². The van der Waals surface area contributed by atoms with Gasteiger partial charge < -0.3 is 9.47 Å². The number of carbonyl (C=O) groups is 1. The van der Waals surface area contributed by atoms with E-state index in [1.807, 2.05) is 6.92 Å². The molecule has 10 heavy (non-hydrogen) atoms. The Morgan fingerprint density at radius 1 is 1.60 bits per heavy atom. The predicted octanol–water partition coefficient (Wildman–Crippen LogP) is 1.07. The molecule has 58 valence electrons. The van der Waals surface area contributed by atoms with Gasteiger partial charge in [0.1, 0.15) is 0 Å². The van der Waals surface area contributed by atoms with Crippen LogP contribution >= 0.6 is 0 Å². The van der Waals surface area contributed by atoms with E-state index in [0.717, 1.165) is 12.8 Å². The summed E-state index contributed by atoms with van der Waals surface area (Å²) in [6.45, 7) is 3.73. The molecule has 1 rings (SSSR count). The van der Waals surface area contributed by atoms with Crippen molar-refractivity contribution in [2.24, 2.45) is 0 Å². The third kappa shape index (κ3) is 1.48. The molecule has 0 aliphatic carbocycles. The molecule has 3 heteroatoms. The molecule has 1 fully saturated rings. The van der Waals surface area contributed by atoms with Crippen LogP contribution in [0.2, 0.25) is 0 Å². The van der Waals surface area contributed by atoms with Crippen LogP contribution in [0.3, 0.4) is 0 Å². The fraction of sp³-hybridized carbons (Fsp3) is 0.857. The van der Waals surface area contributed by atoms with Crippen molar-refractivity contribution in [2.75, 3.05) is 0 Å². The first-order valence-electron chi connectivity index (χ1n) is 3.60. The van der Waals surface area contributed by atoms with Crippen molar-refractivity contribution in [1.82, 2.24) is 0 Å². The lowest BCUT2D eigenvalue weighted by Gasteiger charge is -2.04. The van der Waals surface area contributed by atoms with Gasteiger partial charge in [-0.3, -0.25) is 0 Å². The first-order valence-corrected chi connectivity index (χ1v) is 3.60. The van der Waals surface area contributed by atoms with Crippen molar-refractivity contribution in [3.05, 3.63) is 0 Å². The molecule has 0 saturated carbocycles. The van der Waals surface area contributed by atoms with Gasteiger partial charge in [-0.2, -0.15) is 0 Å². The zero-order valence-electron chi connectivity index (χ0n) is 6.29. The van der Waals surface area contributed by atoms with Gasteiger partial charge in [0, 0.05) is 6.42 Å². The van der Waals surface area contributed by atoms with Gasteiger partial charge in [0.2, 0.25) is 6.29 Å². The third-order valence-electron chi connectivity index (χ3n) is 1.46. The van der Waals surface area contributed by atoms with Gasteiger partial charge in [0.25, 0.3) is 0 Å². The van der Waals surface area contributed by atoms with Crippen LogP contribution in [-0.4, -0.2) is 18.4 Å². The molecule has 2 atom stereocenters. The van der Waals surface area contributed by atoms with Crippen LogP contribution in [0, 0.1) is 0 Å². The predicted molar refractivity (Wildman–Crippen MR) is 35.3 cm³/mol. The Morgan fingerprint density at radius 2 is 2.30 bits per heavy atom. The van der Waals surface area contributed by atoms with E-state index in [9.17, 15) is 4.79 Å². The van der Waals surface area contributed by atoms with Crippen molar-refractivity contribution in [3.63, 3.8) is 0 Å². The van der Waals surface area contributed by atoms with Gasteiger partial charge in [-0.05, 0) is 6.92 Å². The number of hydrogen-bond donors (Lipinski definition) is 0. The molecular formula is C7H12O3. The van der Waals surface area contributed by atoms with E-state index in [2.05, 4.69) is 0 Å². The molecule has 0 aromatic heterocycles. The maximum Gasteiger partial charge on any atom is 0.337 e. The molecule has 0 radical (unpaired) electrons. The van der Waals surface area contributed by atoms with Crippen molar-refractivity contribution in [3.8, 4) is 0 Å². The Bertz CT molecular complexity index is 133. The highest BCUT2D eigenvalue weighted by Gasteiger charge is 2.30. The van der Waals surface area contributed by atoms with Gasteiger partial charge in [-0.1, -0.05) is 13.3 Å². The number of ether oxygens (including phenoxy) is 2. The Labute approximate surface area is 60.3 Å². The smallest absolute Gasteiger partial charge is 0.337 e. The fourth-order valence-corrected chi connectivity index (χ4v) is 0.899. The van der Waals surface area contributed by atoms with Crippen LogP contribution < -0.4 is 0 Å². The second kappa shape index (κ2) is 3.01. The molecule has 0 unspecified atom stereocenters. The lowest BCUT2D eigenvalue weighted by molar-refractivity contribution is -0.143. The standard InChI is InChI=1S/C7H12O3/c1-3-4-6-9-5(2)7(8)10-6/h5-6H,3-4H2,1-2H3/t5-,6+/m0/s1. The molecule has 0 spiro atoms. The summed E-state index contributed by atoms with van der Waals surface area (Å²) in [5.74, 6) is -0.238. The van der Waals surface area contributed by atoms with Crippen LogP contribution in [0.25, 0.3) is 0 Å². The summed E-state index contributed by atoms with van der Waals surface area (Å²) in [5.41, 5.74) is 0. The minimum atomic E-state index is -0.364. The van der Waals surface area contributed by atoms with Crippen molar-refractivity contribution in [1.29, 1.82) is 0 Å². The SMILES string of the molecule is CCC[C@H]1OC(=O)[C@H](C)O1. The quantitative estimate of drug-likeness (QED) is 0.544. The maximum absolute atomic E-state index is 10.7. The normalized spacial score (nSPS) is 32.4. The van der Waals surface area contributed by atoms with E-state index < -0.39 is 0 Å². The van der Waals surface area contributed by atoms with Crippen LogP contribution in [-0.2, 0) is 14.3 Å². The molecule has 3 nitrogen and oxygen atoms in total. The molecule has 1 aliphatic rings. The zero-order valence-corrected chi connectivity index (χ0v) is 6.29. The minimum Gasteiger partial charge on any atom is -0.434 e. The summed E-state index contributed by atoms with van der Waals surface area (Å²) in [7, 11) is 0. The topological polar surface area (TPSA) is 35.5 Å². The van der Waals surface area contributed by atoms with E-state index >= 15 is 0 Å². The van der Waals surface area contributed by atoms with E-state index in [1.165, 1.54) is 0 Å². The minimum absolute atomic E-state index is 0.238. The average molecular weight is 144 g/mol. The van der Waals surface area contributed by atoms with E-state index in [1.54, 1.807) is 6.92 Å². The number of carbonyl (C=O) groups excluding carboxylic acids is 1. The summed E-state index contributed by atoms with van der Waals surface area (Å²) in [4.78, 5) is 10.7. The zero-order chi connectivity index (χ0) is 7.56. The number of cyclic esters (lactones) is 1. The maximum atomic E-state index is 10.7. The number of esters is 1. The molecule has 1 aliphatic heterocycles. The van der Waals surface area contributed by atoms with Gasteiger partial charge in [0.05, 0.1) is 0 Å². The molecule has 0 aromatic rings. The van der Waals surface area contributed by atoms with Crippen LogP contribution in [0.1, 0.15) is 26.7 Å². The Balaban J connectivity index is 2.34. The molecule has 0 amide bonds. The van der Waals surface area contributed by atoms with Crippen LogP contribution in [0.4, 0.5) is 0 Å². The summed E-state index contributed by atoms with van der Waals surface area (Å²) >= 11 is 0. The monoisotopic (exact) mass is 144 g/mol. The highest BCUT2D eigenvalue weighted by molar-refractivity contribution is 5.75. The average Bonchev–Trinajstić information content (AvgIpc) is 2.14. The van der Waals surface area contributed by atoms with Crippen molar-refractivity contribution >= 4 is 5.97 Å². The lowest BCUT2D eigenvalue weighted by Crippen LogP contribution is -2.09. The summed E-state index contributed by atoms with van der Waals surface area (Å²) in [6.07, 6.45) is 1.13. The van der Waals surface area contributed by atoms with Crippen LogP contribution in [0.5, 0.6) is 0 Å². The van der Waals surface area contributed by atoms with E-state index in [4.69, 9.17) is 9.47 Å². The lowest BCUT2D eigenvalue weighted by atomic mass is 10.3. The third-order valence-corrected chi connectivity index (χ3v) is 1.46. The number of hydrogen-bond acceptors (Lipinski definition) is 3. The molecule has 0 aromatic carbocycles. The van der Waals surface area contributed by atoms with Gasteiger partial charge in [0.15, 0.2) is 6.10 Å². The van der Waals surface area contributed by atoms with Crippen LogP contribution in [0.15, 0.2) is 0 Å². The second-order valence-electron chi connectivity index (χ2n) is 2.43. The van der Waals surface area contributed by atoms with Crippen molar-refractivity contribution in [2.45, 2.75) is 39.1 Å². The summed E-state index contributed by atoms with van der Waals surface area (Å²) < 4.78 is 10.00. The summed E-state index contributed by atoms with van der Waals surface area (Å²) in [5, 5.41) is 0. The highest BCUT2D eigenvalue weighted by atomic mass is 16.7. The van der Waals surface area contributed by atoms with Gasteiger partial charge >= 0.3 is 5.97 Å². The second-order valence-corrected chi connectivity index (χ2v) is 2.43. The Kier molecular flexibility index (Phi) is 2.27. The molecule has 1 heterocycles. The van der Waals surface area contributed by atoms with Gasteiger partial charge in [-0.15, -0.1) is 0 Å².